The number of amides is 1. The number of halogens is 1. The number of fused-ring (bicyclic) bond motifs is 1. The second-order valence-corrected chi connectivity index (χ2v) is 8.53. The van der Waals surface area contributed by atoms with Crippen molar-refractivity contribution in [1.82, 2.24) is 9.97 Å². The summed E-state index contributed by atoms with van der Waals surface area (Å²) in [7, 11) is 0. The van der Waals surface area contributed by atoms with E-state index in [1.807, 2.05) is 43.3 Å². The lowest BCUT2D eigenvalue weighted by Gasteiger charge is -2.14. The van der Waals surface area contributed by atoms with Gasteiger partial charge in [0.25, 0.3) is 5.91 Å². The molecule has 0 bridgehead atoms. The highest BCUT2D eigenvalue weighted by Gasteiger charge is 2.22. The third-order valence-corrected chi connectivity index (χ3v) is 6.26. The van der Waals surface area contributed by atoms with Crippen LogP contribution in [0.1, 0.15) is 38.2 Å². The predicted molar refractivity (Wildman–Crippen MR) is 128 cm³/mol. The normalized spacial score (nSPS) is 10.9. The van der Waals surface area contributed by atoms with E-state index >= 15 is 0 Å². The van der Waals surface area contributed by atoms with E-state index in [-0.39, 0.29) is 12.5 Å². The largest absolute Gasteiger partial charge is 0.462 e. The Balaban J connectivity index is 1.77. The molecule has 0 fully saturated rings. The molecule has 0 atom stereocenters. The maximum absolute atomic E-state index is 13.4. The van der Waals surface area contributed by atoms with Gasteiger partial charge in [0.2, 0.25) is 0 Å². The minimum atomic E-state index is -0.446. The van der Waals surface area contributed by atoms with Crippen LogP contribution in [0.5, 0.6) is 0 Å². The van der Waals surface area contributed by atoms with Crippen molar-refractivity contribution in [3.63, 3.8) is 0 Å². The van der Waals surface area contributed by atoms with Crippen molar-refractivity contribution >= 4 is 50.8 Å². The molecule has 1 amide bonds. The van der Waals surface area contributed by atoms with Crippen LogP contribution in [-0.2, 0) is 4.74 Å². The Bertz CT molecular complexity index is 1330. The number of carbonyl (C=O) groups excluding carboxylic acids is 2. The lowest BCUT2D eigenvalue weighted by atomic mass is 9.97. The van der Waals surface area contributed by atoms with Crippen molar-refractivity contribution in [1.29, 1.82) is 0 Å². The summed E-state index contributed by atoms with van der Waals surface area (Å²) in [5.74, 6) is -0.765. The van der Waals surface area contributed by atoms with Crippen LogP contribution in [0.2, 0.25) is 5.02 Å². The van der Waals surface area contributed by atoms with Crippen molar-refractivity contribution in [2.45, 2.75) is 20.8 Å². The first-order chi connectivity index (χ1) is 15.4. The number of thiazole rings is 1. The number of ether oxygens (including phenoxy) is 1. The third kappa shape index (κ3) is 4.22. The number of nitrogens with zero attached hydrogens (tertiary/aromatic N) is 2. The van der Waals surface area contributed by atoms with Gasteiger partial charge < -0.3 is 4.74 Å². The molecule has 162 valence electrons. The van der Waals surface area contributed by atoms with Crippen molar-refractivity contribution in [3.8, 4) is 11.3 Å². The van der Waals surface area contributed by atoms with Gasteiger partial charge in [0.15, 0.2) is 5.13 Å². The maximum Gasteiger partial charge on any atom is 0.350 e. The molecule has 0 aliphatic heterocycles. The van der Waals surface area contributed by atoms with E-state index in [1.54, 1.807) is 26.0 Å². The summed E-state index contributed by atoms with van der Waals surface area (Å²) >= 11 is 7.14. The lowest BCUT2D eigenvalue weighted by Crippen LogP contribution is -2.15. The van der Waals surface area contributed by atoms with Crippen molar-refractivity contribution in [2.75, 3.05) is 11.9 Å². The molecule has 0 aliphatic rings. The first kappa shape index (κ1) is 21.9. The number of esters is 1. The molecule has 1 N–H and O–H groups in total. The zero-order valence-corrected chi connectivity index (χ0v) is 19.3. The summed E-state index contributed by atoms with van der Waals surface area (Å²) in [4.78, 5) is 35.0. The molecular weight excluding hydrogens is 446 g/mol. The number of carbonyl (C=O) groups is 2. The number of anilines is 1. The van der Waals surface area contributed by atoms with Crippen molar-refractivity contribution in [3.05, 3.63) is 75.3 Å². The summed E-state index contributed by atoms with van der Waals surface area (Å²) < 4.78 is 5.06. The molecule has 4 rings (SSSR count). The Kier molecular flexibility index (Phi) is 6.21. The predicted octanol–water partition coefficient (Wildman–Crippen LogP) is 6.06. The van der Waals surface area contributed by atoms with Crippen molar-refractivity contribution < 1.29 is 14.3 Å². The van der Waals surface area contributed by atoms with E-state index in [1.165, 1.54) is 0 Å². The maximum atomic E-state index is 13.4. The zero-order valence-electron chi connectivity index (χ0n) is 17.7. The fourth-order valence-corrected chi connectivity index (χ4v) is 4.47. The second kappa shape index (κ2) is 9.06. The van der Waals surface area contributed by atoms with Gasteiger partial charge in [-0.15, -0.1) is 0 Å². The Labute approximate surface area is 194 Å². The Morgan fingerprint density at radius 2 is 1.78 bits per heavy atom. The van der Waals surface area contributed by atoms with Crippen LogP contribution in [0.4, 0.5) is 5.13 Å². The summed E-state index contributed by atoms with van der Waals surface area (Å²) in [6.45, 7) is 5.60. The van der Waals surface area contributed by atoms with E-state index in [4.69, 9.17) is 21.3 Å². The SMILES string of the molecule is CCOC(=O)c1sc(NC(=O)c2c(C)c(-c3ccc(Cl)cc3)nc3ccccc23)nc1C. The van der Waals surface area contributed by atoms with Crippen LogP contribution >= 0.6 is 22.9 Å². The molecule has 4 aromatic rings. The number of benzene rings is 2. The van der Waals surface area contributed by atoms with Gasteiger partial charge >= 0.3 is 5.97 Å². The van der Waals surface area contributed by atoms with E-state index < -0.39 is 5.97 Å². The third-order valence-electron chi connectivity index (χ3n) is 4.96. The molecule has 0 aliphatic carbocycles. The fourth-order valence-electron chi connectivity index (χ4n) is 3.48. The molecule has 2 aromatic heterocycles. The van der Waals surface area contributed by atoms with Crippen LogP contribution < -0.4 is 5.32 Å². The number of hydrogen-bond donors (Lipinski definition) is 1. The van der Waals surface area contributed by atoms with Gasteiger partial charge in [0, 0.05) is 16.0 Å². The standard InChI is InChI=1S/C24H20ClN3O3S/c1-4-31-23(30)21-14(3)26-24(32-21)28-22(29)19-13(2)20(15-9-11-16(25)12-10-15)27-18-8-6-5-7-17(18)19/h5-12H,4H2,1-3H3,(H,26,28,29). The molecule has 2 aromatic carbocycles. The van der Waals surface area contributed by atoms with Gasteiger partial charge in [0.1, 0.15) is 4.88 Å². The van der Waals surface area contributed by atoms with Gasteiger partial charge in [-0.2, -0.15) is 0 Å². The van der Waals surface area contributed by atoms with Gasteiger partial charge in [-0.1, -0.05) is 53.3 Å². The highest BCUT2D eigenvalue weighted by Crippen LogP contribution is 2.31. The van der Waals surface area contributed by atoms with Crippen molar-refractivity contribution in [2.24, 2.45) is 0 Å². The Morgan fingerprint density at radius 1 is 1.06 bits per heavy atom. The minimum absolute atomic E-state index is 0.271. The van der Waals surface area contributed by atoms with Gasteiger partial charge in [-0.05, 0) is 44.5 Å². The summed E-state index contributed by atoms with van der Waals surface area (Å²) in [6.07, 6.45) is 0. The molecule has 0 radical (unpaired) electrons. The van der Waals surface area contributed by atoms with Crippen LogP contribution in [0.25, 0.3) is 22.2 Å². The first-order valence-electron chi connectivity index (χ1n) is 10.00. The topological polar surface area (TPSA) is 81.2 Å². The Hall–Kier alpha value is -3.29. The molecule has 0 unspecified atom stereocenters. The monoisotopic (exact) mass is 465 g/mol. The molecule has 0 spiro atoms. The average Bonchev–Trinajstić information content (AvgIpc) is 3.14. The lowest BCUT2D eigenvalue weighted by molar-refractivity contribution is 0.0531. The number of pyridine rings is 1. The second-order valence-electron chi connectivity index (χ2n) is 7.09. The van der Waals surface area contributed by atoms with Crippen LogP contribution in [0, 0.1) is 13.8 Å². The van der Waals surface area contributed by atoms with Crippen LogP contribution in [0.15, 0.2) is 48.5 Å². The number of para-hydroxylation sites is 1. The number of nitrogens with one attached hydrogen (secondary N) is 1. The van der Waals surface area contributed by atoms with Crippen LogP contribution in [-0.4, -0.2) is 28.5 Å². The molecule has 8 heteroatoms. The smallest absolute Gasteiger partial charge is 0.350 e. The number of rotatable bonds is 5. The first-order valence-corrected chi connectivity index (χ1v) is 11.2. The van der Waals surface area contributed by atoms with Gasteiger partial charge in [-0.25, -0.2) is 14.8 Å². The summed E-state index contributed by atoms with van der Waals surface area (Å²) in [5.41, 5.74) is 4.03. The Morgan fingerprint density at radius 3 is 2.50 bits per heavy atom. The van der Waals surface area contributed by atoms with E-state index in [2.05, 4.69) is 10.3 Å². The average molecular weight is 466 g/mol. The molecular formula is C24H20ClN3O3S. The van der Waals surface area contributed by atoms with Gasteiger partial charge in [-0.3, -0.25) is 10.1 Å². The molecule has 0 saturated heterocycles. The molecule has 0 saturated carbocycles. The molecule has 2 heterocycles. The van der Waals surface area contributed by atoms with E-state index in [9.17, 15) is 9.59 Å². The quantitative estimate of drug-likeness (QED) is 0.362. The minimum Gasteiger partial charge on any atom is -0.462 e. The fraction of sp³-hybridized carbons (Fsp3) is 0.167. The number of hydrogen-bond acceptors (Lipinski definition) is 6. The van der Waals surface area contributed by atoms with Gasteiger partial charge in [0.05, 0.1) is 29.1 Å². The number of aromatic nitrogens is 2. The summed E-state index contributed by atoms with van der Waals surface area (Å²) in [6, 6.07) is 14.8. The highest BCUT2D eigenvalue weighted by molar-refractivity contribution is 7.17. The number of aryl methyl sites for hydroxylation is 1. The zero-order chi connectivity index (χ0) is 22.8. The highest BCUT2D eigenvalue weighted by atomic mass is 35.5. The molecule has 6 nitrogen and oxygen atoms in total. The summed E-state index contributed by atoms with van der Waals surface area (Å²) in [5, 5.41) is 4.55. The molecule has 32 heavy (non-hydrogen) atoms. The van der Waals surface area contributed by atoms with E-state index in [0.717, 1.165) is 27.8 Å². The van der Waals surface area contributed by atoms with E-state index in [0.29, 0.717) is 37.5 Å². The van der Waals surface area contributed by atoms with Crippen LogP contribution in [0.3, 0.4) is 0 Å².